The number of nitrogens with one attached hydrogen (secondary N) is 1. The van der Waals surface area contributed by atoms with Crippen LogP contribution in [-0.2, 0) is 0 Å². The summed E-state index contributed by atoms with van der Waals surface area (Å²) >= 11 is 0. The molecule has 1 aromatic rings. The van der Waals surface area contributed by atoms with E-state index in [1.165, 1.54) is 0 Å². The van der Waals surface area contributed by atoms with Crippen molar-refractivity contribution in [2.24, 2.45) is 0 Å². The maximum atomic E-state index is 5.92. The topological polar surface area (TPSA) is 67.1 Å². The molecule has 102 valence electrons. The van der Waals surface area contributed by atoms with Gasteiger partial charge < -0.3 is 16.0 Å². The lowest BCUT2D eigenvalue weighted by Crippen LogP contribution is -2.32. The summed E-state index contributed by atoms with van der Waals surface area (Å²) in [5.41, 5.74) is 6.85. The molecule has 0 spiro atoms. The highest BCUT2D eigenvalue weighted by Crippen LogP contribution is 2.20. The third-order valence-electron chi connectivity index (χ3n) is 3.16. The van der Waals surface area contributed by atoms with Crippen LogP contribution in [0.1, 0.15) is 38.1 Å². The number of rotatable bonds is 5. The molecular weight excluding hydrogens is 226 g/mol. The molecule has 5 heteroatoms. The molecule has 0 aromatic carbocycles. The van der Waals surface area contributed by atoms with Crippen LogP contribution in [0.4, 0.5) is 11.6 Å². The molecule has 0 amide bonds. The fourth-order valence-electron chi connectivity index (χ4n) is 1.41. The Bertz CT molecular complexity index is 401. The lowest BCUT2D eigenvalue weighted by Gasteiger charge is -2.21. The molecule has 1 unspecified atom stereocenters. The first-order valence-electron chi connectivity index (χ1n) is 6.37. The molecule has 5 nitrogen and oxygen atoms in total. The standard InChI is InChI=1S/C13H25N5/c1-8(2)12-16-11(14)10(4)13(17-12)15-7-9(3)18(5)6/h8-9H,7H2,1-6H3,(H3,14,15,16,17). The Morgan fingerprint density at radius 2 is 1.83 bits per heavy atom. The number of nitrogens with zero attached hydrogens (tertiary/aromatic N) is 3. The molecule has 1 heterocycles. The number of nitrogen functional groups attached to an aromatic ring is 1. The van der Waals surface area contributed by atoms with Crippen LogP contribution in [0.25, 0.3) is 0 Å². The maximum Gasteiger partial charge on any atom is 0.135 e. The second kappa shape index (κ2) is 6.00. The molecule has 1 rings (SSSR count). The van der Waals surface area contributed by atoms with Gasteiger partial charge in [0.1, 0.15) is 17.5 Å². The Kier molecular flexibility index (Phi) is 4.90. The van der Waals surface area contributed by atoms with Gasteiger partial charge in [-0.15, -0.1) is 0 Å². The van der Waals surface area contributed by atoms with Crippen LogP contribution in [0.2, 0.25) is 0 Å². The van der Waals surface area contributed by atoms with Gasteiger partial charge in [0.15, 0.2) is 0 Å². The molecular formula is C13H25N5. The van der Waals surface area contributed by atoms with Crippen LogP contribution >= 0.6 is 0 Å². The van der Waals surface area contributed by atoms with Gasteiger partial charge in [0.2, 0.25) is 0 Å². The van der Waals surface area contributed by atoms with Crippen LogP contribution in [0.3, 0.4) is 0 Å². The molecule has 0 saturated carbocycles. The highest BCUT2D eigenvalue weighted by Gasteiger charge is 2.12. The minimum atomic E-state index is 0.278. The zero-order valence-electron chi connectivity index (χ0n) is 12.3. The predicted octanol–water partition coefficient (Wildman–Crippen LogP) is 1.85. The third-order valence-corrected chi connectivity index (χ3v) is 3.16. The summed E-state index contributed by atoms with van der Waals surface area (Å²) in [5, 5.41) is 3.36. The average Bonchev–Trinajstić information content (AvgIpc) is 2.29. The third kappa shape index (κ3) is 3.57. The molecule has 0 aliphatic rings. The first-order chi connectivity index (χ1) is 8.32. The van der Waals surface area contributed by atoms with E-state index < -0.39 is 0 Å². The number of likely N-dealkylation sites (N-methyl/N-ethyl adjacent to an activating group) is 1. The molecule has 1 atom stereocenters. The van der Waals surface area contributed by atoms with Crippen LogP contribution in [0.15, 0.2) is 0 Å². The highest BCUT2D eigenvalue weighted by atomic mass is 15.1. The van der Waals surface area contributed by atoms with E-state index in [4.69, 9.17) is 5.73 Å². The SMILES string of the molecule is Cc1c(N)nc(C(C)C)nc1NCC(C)N(C)C. The van der Waals surface area contributed by atoms with Gasteiger partial charge in [-0.2, -0.15) is 0 Å². The quantitative estimate of drug-likeness (QED) is 0.836. The monoisotopic (exact) mass is 251 g/mol. The number of hydrogen-bond acceptors (Lipinski definition) is 5. The Hall–Kier alpha value is -1.36. The largest absolute Gasteiger partial charge is 0.383 e. The van der Waals surface area contributed by atoms with Crippen molar-refractivity contribution in [1.82, 2.24) is 14.9 Å². The van der Waals surface area contributed by atoms with E-state index >= 15 is 0 Å². The van der Waals surface area contributed by atoms with Crippen LogP contribution in [0, 0.1) is 6.92 Å². The minimum Gasteiger partial charge on any atom is -0.383 e. The van der Waals surface area contributed by atoms with Gasteiger partial charge in [0.05, 0.1) is 0 Å². The minimum absolute atomic E-state index is 0.278. The van der Waals surface area contributed by atoms with Gasteiger partial charge in [-0.3, -0.25) is 0 Å². The van der Waals surface area contributed by atoms with Crippen LogP contribution in [-0.4, -0.2) is 41.5 Å². The van der Waals surface area contributed by atoms with Gasteiger partial charge in [0, 0.05) is 24.1 Å². The van der Waals surface area contributed by atoms with E-state index in [2.05, 4.69) is 55.1 Å². The number of hydrogen-bond donors (Lipinski definition) is 2. The lowest BCUT2D eigenvalue weighted by atomic mass is 10.2. The zero-order chi connectivity index (χ0) is 13.9. The van der Waals surface area contributed by atoms with Gasteiger partial charge in [0.25, 0.3) is 0 Å². The summed E-state index contributed by atoms with van der Waals surface area (Å²) in [5.74, 6) is 2.48. The normalized spacial score (nSPS) is 13.1. The Morgan fingerprint density at radius 1 is 1.22 bits per heavy atom. The van der Waals surface area contributed by atoms with Crippen LogP contribution in [0.5, 0.6) is 0 Å². The van der Waals surface area contributed by atoms with E-state index in [9.17, 15) is 0 Å². The summed E-state index contributed by atoms with van der Waals surface area (Å²) in [4.78, 5) is 11.0. The fraction of sp³-hybridized carbons (Fsp3) is 0.692. The van der Waals surface area contributed by atoms with Crippen molar-refractivity contribution in [3.05, 3.63) is 11.4 Å². The van der Waals surface area contributed by atoms with Crippen molar-refractivity contribution in [2.45, 2.75) is 39.7 Å². The fourth-order valence-corrected chi connectivity index (χ4v) is 1.41. The Balaban J connectivity index is 2.87. The highest BCUT2D eigenvalue weighted by molar-refractivity contribution is 5.55. The van der Waals surface area contributed by atoms with E-state index in [-0.39, 0.29) is 5.92 Å². The van der Waals surface area contributed by atoms with Crippen molar-refractivity contribution >= 4 is 11.6 Å². The Labute approximate surface area is 110 Å². The van der Waals surface area contributed by atoms with Gasteiger partial charge >= 0.3 is 0 Å². The van der Waals surface area contributed by atoms with Gasteiger partial charge in [-0.1, -0.05) is 13.8 Å². The number of nitrogens with two attached hydrogens (primary N) is 1. The van der Waals surface area contributed by atoms with E-state index in [1.807, 2.05) is 6.92 Å². The second-order valence-corrected chi connectivity index (χ2v) is 5.29. The molecule has 0 bridgehead atoms. The molecule has 0 saturated heterocycles. The zero-order valence-corrected chi connectivity index (χ0v) is 12.3. The number of aromatic nitrogens is 2. The van der Waals surface area contributed by atoms with E-state index in [0.717, 1.165) is 23.8 Å². The van der Waals surface area contributed by atoms with Gasteiger partial charge in [-0.25, -0.2) is 9.97 Å². The lowest BCUT2D eigenvalue weighted by molar-refractivity contribution is 0.326. The summed E-state index contributed by atoms with van der Waals surface area (Å²) in [6, 6.07) is 0.433. The molecule has 3 N–H and O–H groups in total. The average molecular weight is 251 g/mol. The van der Waals surface area contributed by atoms with E-state index in [0.29, 0.717) is 11.9 Å². The van der Waals surface area contributed by atoms with Crippen molar-refractivity contribution < 1.29 is 0 Å². The Morgan fingerprint density at radius 3 is 2.33 bits per heavy atom. The molecule has 1 aromatic heterocycles. The molecule has 0 aliphatic carbocycles. The van der Waals surface area contributed by atoms with Gasteiger partial charge in [-0.05, 0) is 27.9 Å². The summed E-state index contributed by atoms with van der Waals surface area (Å²) in [6.07, 6.45) is 0. The van der Waals surface area contributed by atoms with Crippen molar-refractivity contribution in [1.29, 1.82) is 0 Å². The maximum absolute atomic E-state index is 5.92. The number of anilines is 2. The summed E-state index contributed by atoms with van der Waals surface area (Å²) < 4.78 is 0. The first kappa shape index (κ1) is 14.7. The summed E-state index contributed by atoms with van der Waals surface area (Å²) in [6.45, 7) is 9.08. The summed E-state index contributed by atoms with van der Waals surface area (Å²) in [7, 11) is 4.13. The molecule has 0 aliphatic heterocycles. The van der Waals surface area contributed by atoms with Crippen LogP contribution < -0.4 is 11.1 Å². The molecule has 18 heavy (non-hydrogen) atoms. The smallest absolute Gasteiger partial charge is 0.135 e. The predicted molar refractivity (Wildman–Crippen MR) is 76.9 cm³/mol. The van der Waals surface area contributed by atoms with Crippen molar-refractivity contribution in [3.63, 3.8) is 0 Å². The van der Waals surface area contributed by atoms with E-state index in [1.54, 1.807) is 0 Å². The van der Waals surface area contributed by atoms with Crippen molar-refractivity contribution in [3.8, 4) is 0 Å². The first-order valence-corrected chi connectivity index (χ1v) is 6.37. The van der Waals surface area contributed by atoms with Crippen molar-refractivity contribution in [2.75, 3.05) is 31.7 Å². The molecule has 0 radical (unpaired) electrons. The molecule has 0 fully saturated rings. The second-order valence-electron chi connectivity index (χ2n) is 5.29.